The van der Waals surface area contributed by atoms with Gasteiger partial charge in [-0.1, -0.05) is 12.1 Å². The molecular formula is C13H14BrNO4S2. The molecule has 0 amide bonds. The lowest BCUT2D eigenvalue weighted by Gasteiger charge is -2.08. The maximum absolute atomic E-state index is 12.4. The minimum atomic E-state index is -3.70. The van der Waals surface area contributed by atoms with Gasteiger partial charge in [-0.25, -0.2) is 8.42 Å². The number of aliphatic hydroxyl groups excluding tert-OH is 1. The van der Waals surface area contributed by atoms with E-state index in [1.807, 2.05) is 6.07 Å². The predicted octanol–water partition coefficient (Wildman–Crippen LogP) is 2.95. The number of thiophene rings is 1. The van der Waals surface area contributed by atoms with Crippen molar-refractivity contribution in [3.63, 3.8) is 0 Å². The van der Waals surface area contributed by atoms with Gasteiger partial charge in [-0.05, 0) is 39.7 Å². The summed E-state index contributed by atoms with van der Waals surface area (Å²) in [4.78, 5) is 0.698. The Bertz CT molecular complexity index is 728. The molecule has 0 aliphatic rings. The van der Waals surface area contributed by atoms with Crippen molar-refractivity contribution < 1.29 is 18.3 Å². The first kappa shape index (κ1) is 16.4. The molecular weight excluding hydrogens is 378 g/mol. The van der Waals surface area contributed by atoms with Crippen molar-refractivity contribution in [2.45, 2.75) is 18.1 Å². The standard InChI is InChI=1S/C13H14BrNO4S2/c1-19-8-9-3-2-4-10(5-9)15-21(17,18)12-6-11(7-16)20-13(12)14/h2-6,15-16H,7-8H2,1H3. The van der Waals surface area contributed by atoms with Crippen molar-refractivity contribution in [1.29, 1.82) is 0 Å². The van der Waals surface area contributed by atoms with Gasteiger partial charge in [0.25, 0.3) is 10.0 Å². The highest BCUT2D eigenvalue weighted by atomic mass is 79.9. The molecule has 0 radical (unpaired) electrons. The SMILES string of the molecule is COCc1cccc(NS(=O)(=O)c2cc(CO)sc2Br)c1. The Kier molecular flexibility index (Phi) is 5.39. The highest BCUT2D eigenvalue weighted by Crippen LogP contribution is 2.32. The minimum absolute atomic E-state index is 0.119. The molecule has 0 aliphatic heterocycles. The lowest BCUT2D eigenvalue weighted by atomic mass is 10.2. The van der Waals surface area contributed by atoms with Gasteiger partial charge in [-0.2, -0.15) is 0 Å². The van der Waals surface area contributed by atoms with E-state index >= 15 is 0 Å². The topological polar surface area (TPSA) is 75.6 Å². The zero-order valence-electron chi connectivity index (χ0n) is 11.2. The molecule has 0 fully saturated rings. The summed E-state index contributed by atoms with van der Waals surface area (Å²) in [7, 11) is -2.12. The number of rotatable bonds is 6. The lowest BCUT2D eigenvalue weighted by Crippen LogP contribution is -2.12. The fraction of sp³-hybridized carbons (Fsp3) is 0.231. The number of nitrogens with one attached hydrogen (secondary N) is 1. The molecule has 0 unspecified atom stereocenters. The van der Waals surface area contributed by atoms with Crippen LogP contribution in [0, 0.1) is 0 Å². The Labute approximate surface area is 135 Å². The van der Waals surface area contributed by atoms with Gasteiger partial charge in [-0.3, -0.25) is 4.72 Å². The van der Waals surface area contributed by atoms with Crippen LogP contribution in [0.25, 0.3) is 0 Å². The van der Waals surface area contributed by atoms with E-state index in [2.05, 4.69) is 20.7 Å². The number of sulfonamides is 1. The Morgan fingerprint density at radius 3 is 2.76 bits per heavy atom. The van der Waals surface area contributed by atoms with Gasteiger partial charge < -0.3 is 9.84 Å². The summed E-state index contributed by atoms with van der Waals surface area (Å²) in [6, 6.07) is 8.45. The van der Waals surface area contributed by atoms with E-state index in [1.54, 1.807) is 25.3 Å². The number of hydrogen-bond donors (Lipinski definition) is 2. The van der Waals surface area contributed by atoms with Crippen molar-refractivity contribution >= 4 is 43.0 Å². The Balaban J connectivity index is 2.28. The summed E-state index contributed by atoms with van der Waals surface area (Å²) >= 11 is 4.41. The molecule has 0 spiro atoms. The second kappa shape index (κ2) is 6.89. The average Bonchev–Trinajstić information content (AvgIpc) is 2.81. The normalized spacial score (nSPS) is 11.6. The predicted molar refractivity (Wildman–Crippen MR) is 85.9 cm³/mol. The van der Waals surface area contributed by atoms with Crippen LogP contribution in [0.3, 0.4) is 0 Å². The lowest BCUT2D eigenvalue weighted by molar-refractivity contribution is 0.185. The first-order valence-corrected chi connectivity index (χ1v) is 9.05. The van der Waals surface area contributed by atoms with Crippen LogP contribution in [0.4, 0.5) is 5.69 Å². The number of methoxy groups -OCH3 is 1. The van der Waals surface area contributed by atoms with Gasteiger partial charge in [0.2, 0.25) is 0 Å². The molecule has 0 atom stereocenters. The first-order chi connectivity index (χ1) is 9.96. The van der Waals surface area contributed by atoms with Crippen LogP contribution in [0.1, 0.15) is 10.4 Å². The number of hydrogen-bond acceptors (Lipinski definition) is 5. The molecule has 0 aliphatic carbocycles. The average molecular weight is 392 g/mol. The summed E-state index contributed by atoms with van der Waals surface area (Å²) in [5, 5.41) is 9.09. The molecule has 114 valence electrons. The van der Waals surface area contributed by atoms with Crippen molar-refractivity contribution in [2.24, 2.45) is 0 Å². The van der Waals surface area contributed by atoms with Crippen LogP contribution in [-0.4, -0.2) is 20.6 Å². The summed E-state index contributed by atoms with van der Waals surface area (Å²) in [6.45, 7) is 0.217. The van der Waals surface area contributed by atoms with Crippen LogP contribution in [0.5, 0.6) is 0 Å². The Morgan fingerprint density at radius 2 is 2.14 bits per heavy atom. The third-order valence-corrected chi connectivity index (χ3v) is 6.26. The number of aliphatic hydroxyl groups is 1. The summed E-state index contributed by atoms with van der Waals surface area (Å²) in [6.07, 6.45) is 0. The number of halogens is 1. The fourth-order valence-corrected chi connectivity index (χ4v) is 5.35. The van der Waals surface area contributed by atoms with E-state index in [0.29, 0.717) is 21.0 Å². The second-order valence-electron chi connectivity index (χ2n) is 4.25. The van der Waals surface area contributed by atoms with E-state index in [1.165, 1.54) is 17.4 Å². The molecule has 0 bridgehead atoms. The quantitative estimate of drug-likeness (QED) is 0.793. The van der Waals surface area contributed by atoms with Gasteiger partial charge in [0, 0.05) is 17.7 Å². The summed E-state index contributed by atoms with van der Waals surface area (Å²) in [5.74, 6) is 0. The van der Waals surface area contributed by atoms with Gasteiger partial charge in [0.1, 0.15) is 4.90 Å². The number of benzene rings is 1. The van der Waals surface area contributed by atoms with E-state index in [9.17, 15) is 8.42 Å². The molecule has 1 aromatic heterocycles. The van der Waals surface area contributed by atoms with E-state index in [0.717, 1.165) is 5.56 Å². The monoisotopic (exact) mass is 391 g/mol. The van der Waals surface area contributed by atoms with Crippen molar-refractivity contribution in [1.82, 2.24) is 0 Å². The molecule has 0 saturated carbocycles. The van der Waals surface area contributed by atoms with E-state index in [-0.39, 0.29) is 11.5 Å². The summed E-state index contributed by atoms with van der Waals surface area (Å²) in [5.41, 5.74) is 1.34. The Morgan fingerprint density at radius 1 is 1.38 bits per heavy atom. The molecule has 2 N–H and O–H groups in total. The molecule has 0 saturated heterocycles. The number of anilines is 1. The first-order valence-electron chi connectivity index (χ1n) is 5.96. The molecule has 5 nitrogen and oxygen atoms in total. The van der Waals surface area contributed by atoms with Crippen molar-refractivity contribution in [3.05, 3.63) is 44.6 Å². The third-order valence-electron chi connectivity index (χ3n) is 2.64. The van der Waals surface area contributed by atoms with Gasteiger partial charge in [-0.15, -0.1) is 11.3 Å². The smallest absolute Gasteiger partial charge is 0.263 e. The van der Waals surface area contributed by atoms with E-state index < -0.39 is 10.0 Å². The van der Waals surface area contributed by atoms with Gasteiger partial charge >= 0.3 is 0 Å². The van der Waals surface area contributed by atoms with Crippen molar-refractivity contribution in [3.8, 4) is 0 Å². The largest absolute Gasteiger partial charge is 0.391 e. The molecule has 1 heterocycles. The molecule has 2 rings (SSSR count). The third kappa shape index (κ3) is 4.04. The number of ether oxygens (including phenoxy) is 1. The zero-order chi connectivity index (χ0) is 15.5. The highest BCUT2D eigenvalue weighted by molar-refractivity contribution is 9.11. The molecule has 2 aromatic rings. The van der Waals surface area contributed by atoms with Crippen LogP contribution in [-0.2, 0) is 28.0 Å². The summed E-state index contributed by atoms with van der Waals surface area (Å²) < 4.78 is 32.8. The van der Waals surface area contributed by atoms with E-state index in [4.69, 9.17) is 9.84 Å². The van der Waals surface area contributed by atoms with Gasteiger partial charge in [0.05, 0.1) is 17.0 Å². The zero-order valence-corrected chi connectivity index (χ0v) is 14.4. The molecule has 21 heavy (non-hydrogen) atoms. The maximum Gasteiger partial charge on any atom is 0.263 e. The van der Waals surface area contributed by atoms with Crippen LogP contribution < -0.4 is 4.72 Å². The maximum atomic E-state index is 12.4. The minimum Gasteiger partial charge on any atom is -0.391 e. The molecule has 1 aromatic carbocycles. The van der Waals surface area contributed by atoms with Crippen LogP contribution in [0.2, 0.25) is 0 Å². The van der Waals surface area contributed by atoms with Crippen LogP contribution in [0.15, 0.2) is 39.0 Å². The highest BCUT2D eigenvalue weighted by Gasteiger charge is 2.21. The fourth-order valence-electron chi connectivity index (χ4n) is 1.76. The second-order valence-corrected chi connectivity index (χ2v) is 8.35. The van der Waals surface area contributed by atoms with Crippen molar-refractivity contribution in [2.75, 3.05) is 11.8 Å². The molecule has 8 heteroatoms. The van der Waals surface area contributed by atoms with Gasteiger partial charge in [0.15, 0.2) is 0 Å². The van der Waals surface area contributed by atoms with Crippen LogP contribution >= 0.6 is 27.3 Å². The Hall–Kier alpha value is -0.930.